The van der Waals surface area contributed by atoms with Crippen LogP contribution in [0.2, 0.25) is 0 Å². The number of fused-ring (bicyclic) bond motifs is 5. The Bertz CT molecular complexity index is 1570. The van der Waals surface area contributed by atoms with Crippen LogP contribution < -0.4 is 0 Å². The first kappa shape index (κ1) is 51.3. The van der Waals surface area contributed by atoms with Crippen LogP contribution in [0.25, 0.3) is 0 Å². The van der Waals surface area contributed by atoms with Crippen molar-refractivity contribution in [1.29, 1.82) is 0 Å². The monoisotopic (exact) mass is 869 g/mol. The maximum atomic E-state index is 14.7. The van der Waals surface area contributed by atoms with Crippen LogP contribution in [-0.2, 0) is 57.0 Å². The highest BCUT2D eigenvalue weighted by Crippen LogP contribution is 2.43. The lowest BCUT2D eigenvalue weighted by atomic mass is 9.73. The summed E-state index contributed by atoms with van der Waals surface area (Å²) < 4.78 is 58.2. The molecule has 4 heterocycles. The van der Waals surface area contributed by atoms with E-state index < -0.39 is 114 Å². The summed E-state index contributed by atoms with van der Waals surface area (Å²) in [6, 6.07) is -0.305. The van der Waals surface area contributed by atoms with Gasteiger partial charge in [-0.3, -0.25) is 14.4 Å². The molecule has 350 valence electrons. The van der Waals surface area contributed by atoms with Gasteiger partial charge in [-0.15, -0.1) is 0 Å². The standard InChI is InChI=1S/C45H76N2O14/c1-17-33-45(13,52)39-26(5)35(46-30(9)48)24(3)19-44(12,55-22-23(2)21-54-39)38(61-42-36(50)32(47(14)15)18-25(4)56-42)27(6)37(28(7)41(51)59-33)60-34-20-43(11,53-16)40(29(8)57-34)58-31(10)49/h24-29,32-34,36-40,42,50,52H,2,17-22H2,1,3-16H3/t24-,25-,26+,27+,28-,29+,32+,33-,34+,36-,37+,38-,39-,40+,42+,43-,44-,45-/m1/s1. The second-order valence-electron chi connectivity index (χ2n) is 19.0. The van der Waals surface area contributed by atoms with Gasteiger partial charge in [0.05, 0.1) is 55.3 Å². The van der Waals surface area contributed by atoms with E-state index in [0.29, 0.717) is 17.7 Å². The molecule has 2 bridgehead atoms. The fraction of sp³-hybridized carbons (Fsp3) is 0.867. The molecule has 0 saturated carbocycles. The predicted octanol–water partition coefficient (Wildman–Crippen LogP) is 4.39. The summed E-state index contributed by atoms with van der Waals surface area (Å²) in [5.41, 5.74) is -3.07. The Balaban J connectivity index is 1.99. The molecule has 4 fully saturated rings. The second kappa shape index (κ2) is 20.6. The van der Waals surface area contributed by atoms with Crippen LogP contribution in [-0.4, -0.2) is 157 Å². The molecule has 4 rings (SSSR count). The average molecular weight is 869 g/mol. The Labute approximate surface area is 363 Å². The molecule has 16 nitrogen and oxygen atoms in total. The maximum Gasteiger partial charge on any atom is 0.311 e. The maximum absolute atomic E-state index is 14.7. The predicted molar refractivity (Wildman–Crippen MR) is 226 cm³/mol. The number of amides is 1. The largest absolute Gasteiger partial charge is 0.459 e. The van der Waals surface area contributed by atoms with Gasteiger partial charge in [-0.1, -0.05) is 34.3 Å². The molecular weight excluding hydrogens is 792 g/mol. The molecule has 0 radical (unpaired) electrons. The number of methoxy groups -OCH3 is 1. The molecule has 0 spiro atoms. The highest BCUT2D eigenvalue weighted by atomic mass is 16.7. The average Bonchev–Trinajstić information content (AvgIpc) is 3.18. The number of aliphatic imine (C=N–C) groups is 1. The number of carbonyl (C=O) groups excluding carboxylic acids is 3. The lowest BCUT2D eigenvalue weighted by Crippen LogP contribution is -2.62. The van der Waals surface area contributed by atoms with Crippen molar-refractivity contribution in [3.63, 3.8) is 0 Å². The van der Waals surface area contributed by atoms with E-state index >= 15 is 0 Å². The topological polar surface area (TPSA) is 190 Å². The Morgan fingerprint density at radius 1 is 0.967 bits per heavy atom. The van der Waals surface area contributed by atoms with Gasteiger partial charge < -0.3 is 57.7 Å². The molecule has 0 aromatic carbocycles. The van der Waals surface area contributed by atoms with Crippen LogP contribution in [0.4, 0.5) is 0 Å². The molecule has 16 heteroatoms. The number of nitrogens with zero attached hydrogens (tertiary/aromatic N) is 2. The summed E-state index contributed by atoms with van der Waals surface area (Å²) in [6.07, 6.45) is -7.88. The Morgan fingerprint density at radius 3 is 2.20 bits per heavy atom. The van der Waals surface area contributed by atoms with E-state index in [1.54, 1.807) is 20.8 Å². The van der Waals surface area contributed by atoms with Gasteiger partial charge in [-0.2, -0.15) is 0 Å². The van der Waals surface area contributed by atoms with Crippen molar-refractivity contribution in [2.45, 2.75) is 193 Å². The molecule has 0 aromatic heterocycles. The zero-order valence-electron chi connectivity index (χ0n) is 39.3. The quantitative estimate of drug-likeness (QED) is 0.258. The first-order valence-corrected chi connectivity index (χ1v) is 21.9. The highest BCUT2D eigenvalue weighted by Gasteiger charge is 2.55. The van der Waals surface area contributed by atoms with Crippen LogP contribution in [0.5, 0.6) is 0 Å². The highest BCUT2D eigenvalue weighted by molar-refractivity contribution is 5.97. The number of hydrogen-bond donors (Lipinski definition) is 2. The van der Waals surface area contributed by atoms with Gasteiger partial charge in [0, 0.05) is 51.0 Å². The smallest absolute Gasteiger partial charge is 0.311 e. The zero-order valence-corrected chi connectivity index (χ0v) is 39.3. The minimum absolute atomic E-state index is 0.0176. The number of rotatable bonds is 8. The van der Waals surface area contributed by atoms with Crippen molar-refractivity contribution in [3.05, 3.63) is 12.2 Å². The molecule has 0 unspecified atom stereocenters. The zero-order chi connectivity index (χ0) is 45.9. The summed E-state index contributed by atoms with van der Waals surface area (Å²) in [6.45, 7) is 25.1. The molecule has 4 aliphatic rings. The van der Waals surface area contributed by atoms with E-state index in [1.807, 2.05) is 67.5 Å². The second-order valence-corrected chi connectivity index (χ2v) is 19.0. The van der Waals surface area contributed by atoms with Crippen LogP contribution in [0, 0.1) is 23.7 Å². The van der Waals surface area contributed by atoms with Crippen molar-refractivity contribution < 1.29 is 67.2 Å². The van der Waals surface area contributed by atoms with Crippen molar-refractivity contribution in [2.24, 2.45) is 28.7 Å². The number of cyclic esters (lactones) is 1. The number of hydrogen-bond acceptors (Lipinski definition) is 15. The van der Waals surface area contributed by atoms with E-state index in [9.17, 15) is 24.6 Å². The first-order chi connectivity index (χ1) is 28.3. The van der Waals surface area contributed by atoms with E-state index in [2.05, 4.69) is 11.6 Å². The number of ether oxygens (including phenoxy) is 9. The number of carbonyl (C=O) groups is 3. The van der Waals surface area contributed by atoms with Crippen molar-refractivity contribution >= 4 is 23.6 Å². The third-order valence-electron chi connectivity index (χ3n) is 13.4. The van der Waals surface area contributed by atoms with Crippen molar-refractivity contribution in [3.8, 4) is 0 Å². The van der Waals surface area contributed by atoms with Crippen molar-refractivity contribution in [1.82, 2.24) is 4.90 Å². The summed E-state index contributed by atoms with van der Waals surface area (Å²) in [5, 5.41) is 24.4. The van der Waals surface area contributed by atoms with Crippen LogP contribution in [0.3, 0.4) is 0 Å². The van der Waals surface area contributed by atoms with Crippen LogP contribution in [0.1, 0.15) is 109 Å². The Kier molecular flexibility index (Phi) is 17.3. The Morgan fingerprint density at radius 2 is 1.62 bits per heavy atom. The van der Waals surface area contributed by atoms with Gasteiger partial charge in [0.15, 0.2) is 18.7 Å². The molecule has 0 aromatic rings. The van der Waals surface area contributed by atoms with E-state index in [4.69, 9.17) is 42.6 Å². The number of aliphatic hydroxyl groups is 2. The third kappa shape index (κ3) is 11.7. The van der Waals surface area contributed by atoms with Crippen LogP contribution in [0.15, 0.2) is 17.1 Å². The number of likely N-dealkylation sites (N-methyl/N-ethyl adjacent to an activating group) is 1. The molecule has 61 heavy (non-hydrogen) atoms. The number of esters is 2. The van der Waals surface area contributed by atoms with E-state index in [0.717, 1.165) is 0 Å². The van der Waals surface area contributed by atoms with E-state index in [-0.39, 0.29) is 44.6 Å². The summed E-state index contributed by atoms with van der Waals surface area (Å²) in [5.74, 6) is -4.45. The molecule has 4 aliphatic heterocycles. The van der Waals surface area contributed by atoms with Gasteiger partial charge in [-0.25, -0.2) is 4.99 Å². The summed E-state index contributed by atoms with van der Waals surface area (Å²) in [7, 11) is 5.31. The van der Waals surface area contributed by atoms with Crippen molar-refractivity contribution in [2.75, 3.05) is 34.4 Å². The molecule has 4 saturated heterocycles. The molecule has 1 amide bonds. The molecule has 2 N–H and O–H groups in total. The minimum Gasteiger partial charge on any atom is -0.459 e. The van der Waals surface area contributed by atoms with E-state index in [1.165, 1.54) is 21.0 Å². The fourth-order valence-electron chi connectivity index (χ4n) is 10.1. The fourth-order valence-corrected chi connectivity index (χ4v) is 10.1. The molecule has 0 aliphatic carbocycles. The van der Waals surface area contributed by atoms with Gasteiger partial charge in [0.1, 0.15) is 23.4 Å². The molecule has 18 atom stereocenters. The molecular formula is C45H76N2O14. The van der Waals surface area contributed by atoms with Gasteiger partial charge in [-0.05, 0) is 86.4 Å². The van der Waals surface area contributed by atoms with Gasteiger partial charge in [0.2, 0.25) is 5.91 Å². The lowest BCUT2D eigenvalue weighted by molar-refractivity contribution is -0.320. The normalized spacial score (nSPS) is 45.3. The Hall–Kier alpha value is -2.38. The van der Waals surface area contributed by atoms with Gasteiger partial charge >= 0.3 is 11.9 Å². The third-order valence-corrected chi connectivity index (χ3v) is 13.4. The van der Waals surface area contributed by atoms with Gasteiger partial charge in [0.25, 0.3) is 0 Å². The lowest BCUT2D eigenvalue weighted by Gasteiger charge is -2.50. The first-order valence-electron chi connectivity index (χ1n) is 21.9. The number of aliphatic hydroxyl groups excluding tert-OH is 1. The SMILES string of the molecule is C=C1CO[C@@H]2[C@@H](C)C(=NC(C)=O)[C@H](C)C[C@@](C)(OC1)[C@H](O[C@@H]1O[C@H](C)C[C@H](N(C)C)[C@H]1O)[C@@H](C)[C@H](O[C@H]1C[C@@](C)(OC)[C@@H](OC(C)=O)[C@H](C)O1)[C@@H](C)C(=O)O[C@H](CC)[C@@]2(C)O. The minimum atomic E-state index is -1.78. The summed E-state index contributed by atoms with van der Waals surface area (Å²) >= 11 is 0. The summed E-state index contributed by atoms with van der Waals surface area (Å²) in [4.78, 5) is 46.2. The van der Waals surface area contributed by atoms with Crippen LogP contribution >= 0.6 is 0 Å².